The first-order valence-corrected chi connectivity index (χ1v) is 7.95. The van der Waals surface area contributed by atoms with Crippen LogP contribution in [-0.4, -0.2) is 41.0 Å². The Balaban J connectivity index is 1.64. The van der Waals surface area contributed by atoms with Gasteiger partial charge in [-0.2, -0.15) is 13.2 Å². The van der Waals surface area contributed by atoms with E-state index in [1.54, 1.807) is 11.1 Å². The summed E-state index contributed by atoms with van der Waals surface area (Å²) in [6.07, 6.45) is -2.16. The second-order valence-electron chi connectivity index (χ2n) is 6.04. The lowest BCUT2D eigenvalue weighted by molar-refractivity contribution is -0.138. The predicted octanol–water partition coefficient (Wildman–Crippen LogP) is 3.27. The minimum atomic E-state index is -4.59. The monoisotopic (exact) mass is 354 g/mol. The highest BCUT2D eigenvalue weighted by atomic mass is 19.4. The van der Waals surface area contributed by atoms with E-state index in [0.29, 0.717) is 38.4 Å². The second kappa shape index (κ2) is 6.95. The number of alkyl halides is 3. The van der Waals surface area contributed by atoms with Crippen LogP contribution in [0.25, 0.3) is 0 Å². The lowest BCUT2D eigenvalue weighted by Crippen LogP contribution is -2.46. The fourth-order valence-corrected chi connectivity index (χ4v) is 2.86. The van der Waals surface area contributed by atoms with Crippen LogP contribution >= 0.6 is 0 Å². The van der Waals surface area contributed by atoms with E-state index in [2.05, 4.69) is 14.9 Å². The van der Waals surface area contributed by atoms with Crippen molar-refractivity contribution in [1.82, 2.24) is 14.9 Å². The van der Waals surface area contributed by atoms with Crippen molar-refractivity contribution < 1.29 is 17.6 Å². The van der Waals surface area contributed by atoms with Crippen molar-refractivity contribution in [3.8, 4) is 0 Å². The maximum atomic E-state index is 14.0. The molecule has 1 fully saturated rings. The van der Waals surface area contributed by atoms with Gasteiger partial charge in [0.25, 0.3) is 0 Å². The first-order valence-electron chi connectivity index (χ1n) is 7.95. The molecule has 8 heteroatoms. The van der Waals surface area contributed by atoms with Crippen LogP contribution in [0.3, 0.4) is 0 Å². The SMILES string of the molecule is Cc1ncccc1CN1CCN(c2ncc(C(F)(F)F)cc2F)CC1. The van der Waals surface area contributed by atoms with Crippen LogP contribution in [0.5, 0.6) is 0 Å². The Morgan fingerprint density at radius 2 is 1.84 bits per heavy atom. The van der Waals surface area contributed by atoms with Gasteiger partial charge in [0.05, 0.1) is 5.56 Å². The van der Waals surface area contributed by atoms with E-state index in [-0.39, 0.29) is 5.82 Å². The van der Waals surface area contributed by atoms with Crippen molar-refractivity contribution in [1.29, 1.82) is 0 Å². The van der Waals surface area contributed by atoms with Crippen molar-refractivity contribution in [3.63, 3.8) is 0 Å². The molecule has 2 aromatic rings. The highest BCUT2D eigenvalue weighted by Crippen LogP contribution is 2.31. The Hall–Kier alpha value is -2.22. The molecule has 1 aliphatic rings. The third kappa shape index (κ3) is 4.07. The number of halogens is 4. The molecular formula is C17H18F4N4. The number of aromatic nitrogens is 2. The molecule has 134 valence electrons. The molecule has 0 aromatic carbocycles. The topological polar surface area (TPSA) is 32.3 Å². The molecule has 0 N–H and O–H groups in total. The Bertz CT molecular complexity index is 740. The van der Waals surface area contributed by atoms with Crippen LogP contribution in [0.1, 0.15) is 16.8 Å². The summed E-state index contributed by atoms with van der Waals surface area (Å²) in [6.45, 7) is 5.07. The van der Waals surface area contributed by atoms with Crippen LogP contribution < -0.4 is 4.90 Å². The van der Waals surface area contributed by atoms with Crippen LogP contribution in [0.4, 0.5) is 23.4 Å². The number of rotatable bonds is 3. The molecule has 0 bridgehead atoms. The third-order valence-electron chi connectivity index (χ3n) is 4.33. The largest absolute Gasteiger partial charge is 0.417 e. The molecule has 3 rings (SSSR count). The number of aryl methyl sites for hydroxylation is 1. The number of pyridine rings is 2. The van der Waals surface area contributed by atoms with E-state index in [0.717, 1.165) is 17.8 Å². The zero-order chi connectivity index (χ0) is 18.0. The first-order chi connectivity index (χ1) is 11.8. The van der Waals surface area contributed by atoms with Gasteiger partial charge < -0.3 is 4.90 Å². The molecule has 1 aliphatic heterocycles. The molecule has 3 heterocycles. The smallest absolute Gasteiger partial charge is 0.352 e. The normalized spacial score (nSPS) is 16.3. The second-order valence-corrected chi connectivity index (χ2v) is 6.04. The molecular weight excluding hydrogens is 336 g/mol. The summed E-state index contributed by atoms with van der Waals surface area (Å²) in [4.78, 5) is 11.8. The minimum absolute atomic E-state index is 0.0230. The Morgan fingerprint density at radius 3 is 2.44 bits per heavy atom. The van der Waals surface area contributed by atoms with Gasteiger partial charge in [0.1, 0.15) is 0 Å². The molecule has 0 unspecified atom stereocenters. The van der Waals surface area contributed by atoms with Gasteiger partial charge in [-0.05, 0) is 24.6 Å². The van der Waals surface area contributed by atoms with E-state index in [1.807, 2.05) is 19.1 Å². The maximum Gasteiger partial charge on any atom is 0.417 e. The predicted molar refractivity (Wildman–Crippen MR) is 85.7 cm³/mol. The summed E-state index contributed by atoms with van der Waals surface area (Å²) in [7, 11) is 0. The molecule has 0 radical (unpaired) electrons. The average molecular weight is 354 g/mol. The summed E-state index contributed by atoms with van der Waals surface area (Å²) < 4.78 is 51.8. The molecule has 1 saturated heterocycles. The summed E-state index contributed by atoms with van der Waals surface area (Å²) in [5.74, 6) is -0.961. The van der Waals surface area contributed by atoms with Crippen molar-refractivity contribution in [2.75, 3.05) is 31.1 Å². The third-order valence-corrected chi connectivity index (χ3v) is 4.33. The van der Waals surface area contributed by atoms with Gasteiger partial charge in [0.2, 0.25) is 0 Å². The zero-order valence-electron chi connectivity index (χ0n) is 13.7. The van der Waals surface area contributed by atoms with E-state index < -0.39 is 17.6 Å². The van der Waals surface area contributed by atoms with Gasteiger partial charge in [0.15, 0.2) is 11.6 Å². The van der Waals surface area contributed by atoms with E-state index in [4.69, 9.17) is 0 Å². The van der Waals surface area contributed by atoms with Crippen LogP contribution in [0, 0.1) is 12.7 Å². The van der Waals surface area contributed by atoms with Gasteiger partial charge in [-0.15, -0.1) is 0 Å². The van der Waals surface area contributed by atoms with E-state index >= 15 is 0 Å². The molecule has 4 nitrogen and oxygen atoms in total. The fourth-order valence-electron chi connectivity index (χ4n) is 2.86. The summed E-state index contributed by atoms with van der Waals surface area (Å²) in [5, 5.41) is 0. The van der Waals surface area contributed by atoms with Crippen molar-refractivity contribution >= 4 is 5.82 Å². The lowest BCUT2D eigenvalue weighted by Gasteiger charge is -2.35. The highest BCUT2D eigenvalue weighted by molar-refractivity contribution is 5.42. The number of anilines is 1. The van der Waals surface area contributed by atoms with Crippen molar-refractivity contribution in [2.24, 2.45) is 0 Å². The molecule has 0 aliphatic carbocycles. The quantitative estimate of drug-likeness (QED) is 0.792. The van der Waals surface area contributed by atoms with Crippen LogP contribution in [-0.2, 0) is 12.7 Å². The van der Waals surface area contributed by atoms with E-state index in [1.165, 1.54) is 0 Å². The summed E-state index contributed by atoms with van der Waals surface area (Å²) >= 11 is 0. The zero-order valence-corrected chi connectivity index (χ0v) is 13.7. The fraction of sp³-hybridized carbons (Fsp3) is 0.412. The Labute approximate surface area is 143 Å². The molecule has 0 spiro atoms. The number of hydrogen-bond acceptors (Lipinski definition) is 4. The van der Waals surface area contributed by atoms with Crippen LogP contribution in [0.2, 0.25) is 0 Å². The van der Waals surface area contributed by atoms with Gasteiger partial charge in [-0.1, -0.05) is 6.07 Å². The Kier molecular flexibility index (Phi) is 4.89. The Morgan fingerprint density at radius 1 is 1.12 bits per heavy atom. The molecule has 2 aromatic heterocycles. The number of piperazine rings is 1. The van der Waals surface area contributed by atoms with E-state index in [9.17, 15) is 17.6 Å². The highest BCUT2D eigenvalue weighted by Gasteiger charge is 2.32. The van der Waals surface area contributed by atoms with Gasteiger partial charge >= 0.3 is 6.18 Å². The average Bonchev–Trinajstić information content (AvgIpc) is 2.57. The van der Waals surface area contributed by atoms with Crippen molar-refractivity contribution in [3.05, 3.63) is 53.2 Å². The number of hydrogen-bond donors (Lipinski definition) is 0. The molecule has 0 amide bonds. The first kappa shape index (κ1) is 17.6. The van der Waals surface area contributed by atoms with Crippen molar-refractivity contribution in [2.45, 2.75) is 19.6 Å². The summed E-state index contributed by atoms with van der Waals surface area (Å²) in [6, 6.07) is 4.42. The minimum Gasteiger partial charge on any atom is -0.352 e. The van der Waals surface area contributed by atoms with Gasteiger partial charge in [-0.25, -0.2) is 9.37 Å². The van der Waals surface area contributed by atoms with Gasteiger partial charge in [0, 0.05) is 50.8 Å². The molecule has 25 heavy (non-hydrogen) atoms. The lowest BCUT2D eigenvalue weighted by atomic mass is 10.2. The maximum absolute atomic E-state index is 14.0. The number of nitrogens with zero attached hydrogens (tertiary/aromatic N) is 4. The van der Waals surface area contributed by atoms with Gasteiger partial charge in [-0.3, -0.25) is 9.88 Å². The molecule has 0 atom stereocenters. The standard InChI is InChI=1S/C17H18F4N4/c1-12-13(3-2-4-22-12)11-24-5-7-25(8-6-24)16-15(18)9-14(10-23-16)17(19,20)21/h2-4,9-10H,5-8,11H2,1H3. The molecule has 0 saturated carbocycles. The van der Waals surface area contributed by atoms with Crippen LogP contribution in [0.15, 0.2) is 30.6 Å². The summed E-state index contributed by atoms with van der Waals surface area (Å²) in [5.41, 5.74) is 1.04.